The fourth-order valence-electron chi connectivity index (χ4n) is 2.87. The monoisotopic (exact) mass is 375 g/mol. The molecule has 0 saturated carbocycles. The van der Waals surface area contributed by atoms with Gasteiger partial charge in [-0.1, -0.05) is 0 Å². The van der Waals surface area contributed by atoms with Gasteiger partial charge in [0, 0.05) is 43.0 Å². The molecule has 0 unspecified atom stereocenters. The molecule has 26 heavy (non-hydrogen) atoms. The first-order valence-corrected chi connectivity index (χ1v) is 9.50. The molecule has 0 radical (unpaired) electrons. The minimum absolute atomic E-state index is 0.0516. The molecule has 3 heterocycles. The van der Waals surface area contributed by atoms with Gasteiger partial charge in [-0.3, -0.25) is 14.4 Å². The molecule has 3 amide bonds. The minimum atomic E-state index is -0.163. The number of hydrogen-bond acceptors (Lipinski definition) is 5. The van der Waals surface area contributed by atoms with E-state index in [0.717, 1.165) is 0 Å². The highest BCUT2D eigenvalue weighted by Gasteiger charge is 2.25. The van der Waals surface area contributed by atoms with E-state index in [9.17, 15) is 14.4 Å². The van der Waals surface area contributed by atoms with Crippen molar-refractivity contribution < 1.29 is 18.8 Å². The van der Waals surface area contributed by atoms with Crippen molar-refractivity contribution >= 4 is 29.1 Å². The second-order valence-corrected chi connectivity index (χ2v) is 6.91. The van der Waals surface area contributed by atoms with Gasteiger partial charge < -0.3 is 20.0 Å². The highest BCUT2D eigenvalue weighted by Crippen LogP contribution is 2.14. The molecule has 0 atom stereocenters. The molecule has 2 N–H and O–H groups in total. The smallest absolute Gasteiger partial charge is 0.289 e. The third-order valence-electron chi connectivity index (χ3n) is 4.30. The fraction of sp³-hybridized carbons (Fsp3) is 0.389. The molecule has 7 nitrogen and oxygen atoms in total. The van der Waals surface area contributed by atoms with Crippen LogP contribution in [0.5, 0.6) is 0 Å². The van der Waals surface area contributed by atoms with Crippen molar-refractivity contribution in [2.24, 2.45) is 0 Å². The first kappa shape index (κ1) is 18.2. The molecule has 1 aliphatic rings. The van der Waals surface area contributed by atoms with Gasteiger partial charge >= 0.3 is 0 Å². The van der Waals surface area contributed by atoms with Crippen molar-refractivity contribution in [1.29, 1.82) is 0 Å². The maximum atomic E-state index is 12.2. The Labute approximate surface area is 155 Å². The molecule has 138 valence electrons. The lowest BCUT2D eigenvalue weighted by Gasteiger charge is -2.31. The molecular weight excluding hydrogens is 354 g/mol. The SMILES string of the molecule is O=C(CCNC(=O)c1ccsc1)NC1CCN(C(=O)c2ccco2)CC1. The number of hydrogen-bond donors (Lipinski definition) is 2. The second-order valence-electron chi connectivity index (χ2n) is 6.13. The Morgan fingerprint density at radius 3 is 2.69 bits per heavy atom. The van der Waals surface area contributed by atoms with E-state index in [1.165, 1.54) is 17.6 Å². The first-order chi connectivity index (χ1) is 12.6. The second kappa shape index (κ2) is 8.66. The van der Waals surface area contributed by atoms with Gasteiger partial charge in [0.1, 0.15) is 0 Å². The van der Waals surface area contributed by atoms with Crippen molar-refractivity contribution in [3.63, 3.8) is 0 Å². The predicted molar refractivity (Wildman–Crippen MR) is 97.0 cm³/mol. The molecule has 8 heteroatoms. The van der Waals surface area contributed by atoms with E-state index in [4.69, 9.17) is 4.42 Å². The molecule has 1 fully saturated rings. The normalized spacial score (nSPS) is 14.8. The molecule has 1 saturated heterocycles. The number of nitrogens with one attached hydrogen (secondary N) is 2. The van der Waals surface area contributed by atoms with E-state index in [1.54, 1.807) is 28.5 Å². The summed E-state index contributed by atoms with van der Waals surface area (Å²) in [5.74, 6) is -0.0278. The average molecular weight is 375 g/mol. The highest BCUT2D eigenvalue weighted by molar-refractivity contribution is 7.08. The Kier molecular flexibility index (Phi) is 6.06. The first-order valence-electron chi connectivity index (χ1n) is 8.56. The quantitative estimate of drug-likeness (QED) is 0.806. The van der Waals surface area contributed by atoms with Gasteiger partial charge in [0.15, 0.2) is 5.76 Å². The summed E-state index contributed by atoms with van der Waals surface area (Å²) in [6.07, 6.45) is 3.14. The van der Waals surface area contributed by atoms with Gasteiger partial charge in [-0.15, -0.1) is 0 Å². The van der Waals surface area contributed by atoms with Gasteiger partial charge in [0.2, 0.25) is 5.91 Å². The zero-order valence-electron chi connectivity index (χ0n) is 14.3. The molecule has 0 spiro atoms. The van der Waals surface area contributed by atoms with Gasteiger partial charge in [-0.25, -0.2) is 0 Å². The Hall–Kier alpha value is -2.61. The number of rotatable bonds is 6. The van der Waals surface area contributed by atoms with Crippen molar-refractivity contribution in [3.8, 4) is 0 Å². The van der Waals surface area contributed by atoms with Crippen molar-refractivity contribution in [2.45, 2.75) is 25.3 Å². The number of nitrogens with zero attached hydrogens (tertiary/aromatic N) is 1. The van der Waals surface area contributed by atoms with Gasteiger partial charge in [0.25, 0.3) is 11.8 Å². The van der Waals surface area contributed by atoms with Crippen molar-refractivity contribution in [2.75, 3.05) is 19.6 Å². The van der Waals surface area contributed by atoms with Crippen LogP contribution in [-0.2, 0) is 4.79 Å². The summed E-state index contributed by atoms with van der Waals surface area (Å²) in [7, 11) is 0. The van der Waals surface area contributed by atoms with Gasteiger partial charge in [-0.2, -0.15) is 11.3 Å². The number of amides is 3. The lowest BCUT2D eigenvalue weighted by molar-refractivity contribution is -0.121. The van der Waals surface area contributed by atoms with E-state index in [1.807, 2.05) is 5.38 Å². The summed E-state index contributed by atoms with van der Waals surface area (Å²) in [5.41, 5.74) is 0.615. The van der Waals surface area contributed by atoms with Gasteiger partial charge in [-0.05, 0) is 36.4 Å². The van der Waals surface area contributed by atoms with E-state index in [0.29, 0.717) is 43.8 Å². The Balaban J connectivity index is 1.34. The van der Waals surface area contributed by atoms with E-state index in [2.05, 4.69) is 10.6 Å². The highest BCUT2D eigenvalue weighted by atomic mass is 32.1. The van der Waals surface area contributed by atoms with E-state index in [-0.39, 0.29) is 30.2 Å². The molecule has 2 aromatic heterocycles. The third-order valence-corrected chi connectivity index (χ3v) is 4.98. The predicted octanol–water partition coefficient (Wildman–Crippen LogP) is 1.88. The Morgan fingerprint density at radius 2 is 2.04 bits per heavy atom. The van der Waals surface area contributed by atoms with Crippen LogP contribution >= 0.6 is 11.3 Å². The average Bonchev–Trinajstić information content (AvgIpc) is 3.35. The maximum absolute atomic E-state index is 12.2. The zero-order valence-corrected chi connectivity index (χ0v) is 15.1. The Morgan fingerprint density at radius 1 is 1.23 bits per heavy atom. The topological polar surface area (TPSA) is 91.7 Å². The van der Waals surface area contributed by atoms with Crippen molar-refractivity contribution in [3.05, 3.63) is 46.5 Å². The molecular formula is C18H21N3O4S. The minimum Gasteiger partial charge on any atom is -0.459 e. The lowest BCUT2D eigenvalue weighted by atomic mass is 10.0. The fourth-order valence-corrected chi connectivity index (χ4v) is 3.50. The van der Waals surface area contributed by atoms with Crippen LogP contribution in [0.15, 0.2) is 39.6 Å². The summed E-state index contributed by atoms with van der Waals surface area (Å²) in [4.78, 5) is 37.8. The summed E-state index contributed by atoms with van der Waals surface area (Å²) in [6, 6.07) is 5.14. The van der Waals surface area contributed by atoms with E-state index >= 15 is 0 Å². The number of carbonyl (C=O) groups is 3. The summed E-state index contributed by atoms with van der Waals surface area (Å²) in [6.45, 7) is 1.47. The van der Waals surface area contributed by atoms with Crippen LogP contribution < -0.4 is 10.6 Å². The largest absolute Gasteiger partial charge is 0.459 e. The number of likely N-dealkylation sites (tertiary alicyclic amines) is 1. The summed E-state index contributed by atoms with van der Waals surface area (Å²) < 4.78 is 5.14. The summed E-state index contributed by atoms with van der Waals surface area (Å²) in [5, 5.41) is 9.32. The number of furan rings is 1. The van der Waals surface area contributed by atoms with Crippen LogP contribution in [0.4, 0.5) is 0 Å². The number of piperidine rings is 1. The third kappa shape index (κ3) is 4.72. The molecule has 0 aliphatic carbocycles. The van der Waals surface area contributed by atoms with Crippen LogP contribution in [0.1, 0.15) is 40.2 Å². The maximum Gasteiger partial charge on any atom is 0.289 e. The van der Waals surface area contributed by atoms with Gasteiger partial charge in [0.05, 0.1) is 6.26 Å². The van der Waals surface area contributed by atoms with Crippen LogP contribution in [0.25, 0.3) is 0 Å². The lowest BCUT2D eigenvalue weighted by Crippen LogP contribution is -2.46. The molecule has 2 aromatic rings. The van der Waals surface area contributed by atoms with Crippen LogP contribution in [0, 0.1) is 0 Å². The standard InChI is InChI=1S/C18H21N3O4S/c22-16(3-7-19-17(23)13-6-11-26-12-13)20-14-4-8-21(9-5-14)18(24)15-2-1-10-25-15/h1-2,6,10-12,14H,3-5,7-9H2,(H,19,23)(H,20,22). The van der Waals surface area contributed by atoms with Crippen molar-refractivity contribution in [1.82, 2.24) is 15.5 Å². The molecule has 0 bridgehead atoms. The molecule has 1 aliphatic heterocycles. The van der Waals surface area contributed by atoms with Crippen LogP contribution in [0.2, 0.25) is 0 Å². The van der Waals surface area contributed by atoms with Crippen LogP contribution in [0.3, 0.4) is 0 Å². The number of thiophene rings is 1. The van der Waals surface area contributed by atoms with Crippen LogP contribution in [-0.4, -0.2) is 48.3 Å². The molecule has 0 aromatic carbocycles. The molecule has 3 rings (SSSR count). The summed E-state index contributed by atoms with van der Waals surface area (Å²) >= 11 is 1.46. The zero-order chi connectivity index (χ0) is 18.4. The Bertz CT molecular complexity index is 735. The van der Waals surface area contributed by atoms with E-state index < -0.39 is 0 Å². The number of carbonyl (C=O) groups excluding carboxylic acids is 3.